The van der Waals surface area contributed by atoms with Gasteiger partial charge >= 0.3 is 0 Å². The van der Waals surface area contributed by atoms with Gasteiger partial charge in [0.1, 0.15) is 16.9 Å². The Morgan fingerprint density at radius 2 is 1.80 bits per heavy atom. The highest BCUT2D eigenvalue weighted by molar-refractivity contribution is 7.89. The molecule has 2 aromatic heterocycles. The molecule has 3 aromatic rings. The summed E-state index contributed by atoms with van der Waals surface area (Å²) in [6.45, 7) is 4.23. The fraction of sp³-hybridized carbons (Fsp3) is 0.350. The number of carbonyl (C=O) groups is 1. The molecule has 1 aromatic carbocycles. The van der Waals surface area contributed by atoms with Crippen LogP contribution in [0.4, 0.5) is 0 Å². The van der Waals surface area contributed by atoms with Gasteiger partial charge in [0.2, 0.25) is 21.8 Å². The topological polar surface area (TPSA) is 110 Å². The molecule has 0 N–H and O–H groups in total. The lowest BCUT2D eigenvalue weighted by Gasteiger charge is -2.33. The van der Waals surface area contributed by atoms with Crippen LogP contribution in [0.3, 0.4) is 0 Å². The predicted molar refractivity (Wildman–Crippen MR) is 107 cm³/mol. The number of hydrogen-bond acceptors (Lipinski definition) is 7. The molecule has 10 heteroatoms. The second-order valence-electron chi connectivity index (χ2n) is 7.12. The number of aryl methyl sites for hydroxylation is 2. The van der Waals surface area contributed by atoms with E-state index >= 15 is 0 Å². The first-order valence-corrected chi connectivity index (χ1v) is 11.0. The molecule has 1 amide bonds. The first kappa shape index (κ1) is 20.3. The van der Waals surface area contributed by atoms with Crippen molar-refractivity contribution in [1.82, 2.24) is 19.3 Å². The summed E-state index contributed by atoms with van der Waals surface area (Å²) in [6, 6.07) is 9.45. The number of aromatic nitrogens is 2. The number of rotatable bonds is 5. The molecule has 0 saturated carbocycles. The Kier molecular flexibility index (Phi) is 5.44. The van der Waals surface area contributed by atoms with E-state index in [9.17, 15) is 13.2 Å². The Labute approximate surface area is 174 Å². The van der Waals surface area contributed by atoms with E-state index in [-0.39, 0.29) is 36.1 Å². The molecule has 30 heavy (non-hydrogen) atoms. The van der Waals surface area contributed by atoms with Gasteiger partial charge in [-0.15, -0.1) is 0 Å². The van der Waals surface area contributed by atoms with Gasteiger partial charge in [-0.3, -0.25) is 4.79 Å². The Bertz CT molecular complexity index is 1130. The van der Waals surface area contributed by atoms with E-state index in [2.05, 4.69) is 10.1 Å². The number of sulfonamides is 1. The van der Waals surface area contributed by atoms with Crippen LogP contribution in [0, 0.1) is 13.8 Å². The normalized spacial score (nSPS) is 15.5. The van der Waals surface area contributed by atoms with Crippen LogP contribution in [0.5, 0.6) is 0 Å². The molecular formula is C20H22N4O5S. The minimum Gasteiger partial charge on any atom is -0.444 e. The number of amides is 1. The van der Waals surface area contributed by atoms with Crippen LogP contribution in [0.25, 0.3) is 11.5 Å². The summed E-state index contributed by atoms with van der Waals surface area (Å²) in [6.07, 6.45) is 1.59. The molecule has 3 heterocycles. The highest BCUT2D eigenvalue weighted by atomic mass is 32.2. The first-order chi connectivity index (χ1) is 14.4. The van der Waals surface area contributed by atoms with Crippen molar-refractivity contribution in [3.63, 3.8) is 0 Å². The molecule has 1 fully saturated rings. The minimum atomic E-state index is -3.70. The standard InChI is InChI=1S/C20H22N4O5S/c1-14-19(15(2)29-22-14)30(26,27)24-10-8-23(9-11-24)18(25)12-17-13-28-20(21-17)16-6-4-3-5-7-16/h3-7,13H,8-12H2,1-2H3. The summed E-state index contributed by atoms with van der Waals surface area (Å²) in [5, 5.41) is 3.73. The number of benzene rings is 1. The third-order valence-electron chi connectivity index (χ3n) is 5.06. The van der Waals surface area contributed by atoms with Crippen LogP contribution in [0.1, 0.15) is 17.1 Å². The van der Waals surface area contributed by atoms with E-state index < -0.39 is 10.0 Å². The number of hydrogen-bond donors (Lipinski definition) is 0. The monoisotopic (exact) mass is 430 g/mol. The zero-order valence-electron chi connectivity index (χ0n) is 16.7. The lowest BCUT2D eigenvalue weighted by molar-refractivity contribution is -0.131. The average Bonchev–Trinajstić information content (AvgIpc) is 3.35. The smallest absolute Gasteiger partial charge is 0.248 e. The summed E-state index contributed by atoms with van der Waals surface area (Å²) < 4.78 is 37.6. The largest absolute Gasteiger partial charge is 0.444 e. The fourth-order valence-electron chi connectivity index (χ4n) is 3.52. The molecule has 0 atom stereocenters. The quantitative estimate of drug-likeness (QED) is 0.609. The van der Waals surface area contributed by atoms with Gasteiger partial charge in [-0.1, -0.05) is 23.4 Å². The van der Waals surface area contributed by atoms with Crippen LogP contribution in [0.2, 0.25) is 0 Å². The highest BCUT2D eigenvalue weighted by Gasteiger charge is 2.34. The fourth-order valence-corrected chi connectivity index (χ4v) is 5.23. The SMILES string of the molecule is Cc1noc(C)c1S(=O)(=O)N1CCN(C(=O)Cc2coc(-c3ccccc3)n2)CC1. The Balaban J connectivity index is 1.38. The number of carbonyl (C=O) groups excluding carboxylic acids is 1. The molecule has 0 bridgehead atoms. The van der Waals surface area contributed by atoms with Crippen LogP contribution >= 0.6 is 0 Å². The lowest BCUT2D eigenvalue weighted by atomic mass is 10.2. The van der Waals surface area contributed by atoms with Gasteiger partial charge in [0.25, 0.3) is 0 Å². The zero-order valence-corrected chi connectivity index (χ0v) is 17.6. The second-order valence-corrected chi connectivity index (χ2v) is 9.00. The van der Waals surface area contributed by atoms with Gasteiger partial charge in [-0.25, -0.2) is 13.4 Å². The van der Waals surface area contributed by atoms with Crippen molar-refractivity contribution < 1.29 is 22.2 Å². The van der Waals surface area contributed by atoms with E-state index in [1.54, 1.807) is 18.7 Å². The Hall–Kier alpha value is -2.98. The summed E-state index contributed by atoms with van der Waals surface area (Å²) >= 11 is 0. The molecule has 0 radical (unpaired) electrons. The number of piperazine rings is 1. The average molecular weight is 430 g/mol. The van der Waals surface area contributed by atoms with Crippen molar-refractivity contribution in [3.8, 4) is 11.5 Å². The van der Waals surface area contributed by atoms with Gasteiger partial charge in [0, 0.05) is 31.7 Å². The van der Waals surface area contributed by atoms with Gasteiger partial charge < -0.3 is 13.8 Å². The number of nitrogens with zero attached hydrogens (tertiary/aromatic N) is 4. The maximum Gasteiger partial charge on any atom is 0.248 e. The van der Waals surface area contributed by atoms with E-state index in [1.165, 1.54) is 10.6 Å². The molecule has 1 aliphatic heterocycles. The van der Waals surface area contributed by atoms with Crippen LogP contribution < -0.4 is 0 Å². The maximum absolute atomic E-state index is 12.9. The molecule has 0 spiro atoms. The summed E-state index contributed by atoms with van der Waals surface area (Å²) in [4.78, 5) is 18.8. The van der Waals surface area contributed by atoms with E-state index in [1.807, 2.05) is 30.3 Å². The van der Waals surface area contributed by atoms with Gasteiger partial charge in [0.15, 0.2) is 5.76 Å². The van der Waals surface area contributed by atoms with Crippen molar-refractivity contribution in [2.24, 2.45) is 0 Å². The molecule has 0 aliphatic carbocycles. The second kappa shape index (κ2) is 8.04. The van der Waals surface area contributed by atoms with E-state index in [0.717, 1.165) is 5.56 Å². The van der Waals surface area contributed by atoms with Crippen molar-refractivity contribution in [3.05, 3.63) is 53.7 Å². The molecular weight excluding hydrogens is 408 g/mol. The van der Waals surface area contributed by atoms with Crippen molar-refractivity contribution in [2.45, 2.75) is 25.2 Å². The molecule has 1 aliphatic rings. The highest BCUT2D eigenvalue weighted by Crippen LogP contribution is 2.24. The van der Waals surface area contributed by atoms with Crippen molar-refractivity contribution in [1.29, 1.82) is 0 Å². The summed E-state index contributed by atoms with van der Waals surface area (Å²) in [5.41, 5.74) is 1.73. The summed E-state index contributed by atoms with van der Waals surface area (Å²) in [7, 11) is -3.70. The Morgan fingerprint density at radius 3 is 2.43 bits per heavy atom. The molecule has 158 valence electrons. The predicted octanol–water partition coefficient (Wildman–Crippen LogP) is 2.02. The first-order valence-electron chi connectivity index (χ1n) is 9.57. The van der Waals surface area contributed by atoms with Crippen LogP contribution in [-0.2, 0) is 21.2 Å². The Morgan fingerprint density at radius 1 is 1.10 bits per heavy atom. The molecule has 4 rings (SSSR count). The van der Waals surface area contributed by atoms with E-state index in [4.69, 9.17) is 8.94 Å². The zero-order chi connectivity index (χ0) is 21.3. The molecule has 1 saturated heterocycles. The lowest BCUT2D eigenvalue weighted by Crippen LogP contribution is -2.51. The third kappa shape index (κ3) is 3.88. The van der Waals surface area contributed by atoms with Gasteiger partial charge in [-0.05, 0) is 26.0 Å². The van der Waals surface area contributed by atoms with Crippen LogP contribution in [0.15, 0.2) is 50.4 Å². The van der Waals surface area contributed by atoms with Gasteiger partial charge in [-0.2, -0.15) is 4.31 Å². The third-order valence-corrected chi connectivity index (χ3v) is 7.21. The van der Waals surface area contributed by atoms with Crippen molar-refractivity contribution in [2.75, 3.05) is 26.2 Å². The van der Waals surface area contributed by atoms with E-state index in [0.29, 0.717) is 30.4 Å². The maximum atomic E-state index is 12.9. The van der Waals surface area contributed by atoms with Gasteiger partial charge in [0.05, 0.1) is 12.1 Å². The number of oxazole rings is 1. The minimum absolute atomic E-state index is 0.104. The summed E-state index contributed by atoms with van der Waals surface area (Å²) in [5.74, 6) is 0.623. The molecule has 9 nitrogen and oxygen atoms in total. The molecule has 0 unspecified atom stereocenters. The van der Waals surface area contributed by atoms with Crippen molar-refractivity contribution >= 4 is 15.9 Å². The van der Waals surface area contributed by atoms with Crippen LogP contribution in [-0.4, -0.2) is 59.8 Å².